The Kier molecular flexibility index (Phi) is 2.81. The van der Waals surface area contributed by atoms with E-state index < -0.39 is 0 Å². The van der Waals surface area contributed by atoms with Gasteiger partial charge in [0, 0.05) is 12.1 Å². The molecule has 0 spiro atoms. The van der Waals surface area contributed by atoms with Crippen LogP contribution in [0.25, 0.3) is 10.8 Å². The zero-order valence-corrected chi connectivity index (χ0v) is 11.3. The van der Waals surface area contributed by atoms with Crippen LogP contribution in [0.5, 0.6) is 0 Å². The summed E-state index contributed by atoms with van der Waals surface area (Å²) >= 11 is 0. The first kappa shape index (κ1) is 11.5. The maximum atomic E-state index is 3.90. The van der Waals surface area contributed by atoms with Crippen molar-refractivity contribution in [3.05, 3.63) is 48.0 Å². The molecule has 1 N–H and O–H groups in total. The number of nitrogens with one attached hydrogen (secondary N) is 1. The van der Waals surface area contributed by atoms with E-state index in [0.717, 1.165) is 12.0 Å². The Balaban J connectivity index is 1.63. The zero-order chi connectivity index (χ0) is 12.7. The predicted octanol–water partition coefficient (Wildman–Crippen LogP) is 4.43. The van der Waals surface area contributed by atoms with Gasteiger partial charge in [-0.05, 0) is 54.0 Å². The van der Waals surface area contributed by atoms with Crippen LogP contribution in [0.4, 0.5) is 0 Å². The molecule has 98 valence electrons. The highest BCUT2D eigenvalue weighted by molar-refractivity contribution is 5.83. The number of piperidine rings is 1. The van der Waals surface area contributed by atoms with E-state index >= 15 is 0 Å². The summed E-state index contributed by atoms with van der Waals surface area (Å²) in [5.41, 5.74) is 1.48. The third-order valence-corrected chi connectivity index (χ3v) is 5.08. The quantitative estimate of drug-likeness (QED) is 0.790. The van der Waals surface area contributed by atoms with Gasteiger partial charge in [-0.1, -0.05) is 42.8 Å². The summed E-state index contributed by atoms with van der Waals surface area (Å²) < 4.78 is 0. The summed E-state index contributed by atoms with van der Waals surface area (Å²) in [6, 6.07) is 17.0. The minimum Gasteiger partial charge on any atom is -0.307 e. The van der Waals surface area contributed by atoms with Crippen LogP contribution in [-0.4, -0.2) is 6.04 Å². The van der Waals surface area contributed by atoms with Gasteiger partial charge in [-0.3, -0.25) is 0 Å². The summed E-state index contributed by atoms with van der Waals surface area (Å²) in [5.74, 6) is 0.955. The van der Waals surface area contributed by atoms with Gasteiger partial charge in [0.05, 0.1) is 0 Å². The first-order valence-electron chi connectivity index (χ1n) is 7.65. The molecule has 2 aromatic carbocycles. The van der Waals surface area contributed by atoms with E-state index in [0.29, 0.717) is 6.04 Å². The van der Waals surface area contributed by atoms with Crippen molar-refractivity contribution in [2.45, 2.75) is 44.2 Å². The Bertz CT molecular complexity index is 589. The van der Waals surface area contributed by atoms with Crippen LogP contribution in [-0.2, 0) is 0 Å². The Morgan fingerprint density at radius 1 is 0.842 bits per heavy atom. The molecule has 1 saturated carbocycles. The Morgan fingerprint density at radius 2 is 1.74 bits per heavy atom. The molecule has 1 nitrogen and oxygen atoms in total. The highest BCUT2D eigenvalue weighted by Gasteiger charge is 2.33. The molecule has 1 heterocycles. The van der Waals surface area contributed by atoms with Crippen molar-refractivity contribution in [1.29, 1.82) is 0 Å². The van der Waals surface area contributed by atoms with Crippen molar-refractivity contribution in [1.82, 2.24) is 5.32 Å². The van der Waals surface area contributed by atoms with Crippen molar-refractivity contribution in [2.24, 2.45) is 5.92 Å². The average Bonchev–Trinajstić information content (AvgIpc) is 2.94. The molecule has 2 aromatic rings. The van der Waals surface area contributed by atoms with E-state index in [2.05, 4.69) is 47.8 Å². The van der Waals surface area contributed by atoms with Gasteiger partial charge in [0.25, 0.3) is 0 Å². The molecule has 0 amide bonds. The van der Waals surface area contributed by atoms with Crippen LogP contribution in [0.15, 0.2) is 42.5 Å². The molecule has 0 aromatic heterocycles. The minimum atomic E-state index is 0.573. The van der Waals surface area contributed by atoms with Crippen LogP contribution < -0.4 is 5.32 Å². The molecule has 0 radical (unpaired) electrons. The van der Waals surface area contributed by atoms with E-state index in [9.17, 15) is 0 Å². The molecule has 4 rings (SSSR count). The van der Waals surface area contributed by atoms with Gasteiger partial charge >= 0.3 is 0 Å². The monoisotopic (exact) mass is 251 g/mol. The van der Waals surface area contributed by atoms with Gasteiger partial charge in [-0.15, -0.1) is 0 Å². The summed E-state index contributed by atoms with van der Waals surface area (Å²) in [4.78, 5) is 0. The molecule has 2 fully saturated rings. The van der Waals surface area contributed by atoms with Crippen LogP contribution in [0.3, 0.4) is 0 Å². The van der Waals surface area contributed by atoms with Crippen molar-refractivity contribution in [3.8, 4) is 0 Å². The maximum absolute atomic E-state index is 3.90. The lowest BCUT2D eigenvalue weighted by molar-refractivity contribution is 0.261. The van der Waals surface area contributed by atoms with E-state index in [-0.39, 0.29) is 0 Å². The molecule has 0 bridgehead atoms. The van der Waals surface area contributed by atoms with Crippen LogP contribution >= 0.6 is 0 Å². The number of hydrogen-bond acceptors (Lipinski definition) is 1. The second-order valence-electron chi connectivity index (χ2n) is 6.20. The molecule has 1 aliphatic carbocycles. The maximum Gasteiger partial charge on any atom is 0.0323 e. The minimum absolute atomic E-state index is 0.573. The molecule has 1 saturated heterocycles. The fraction of sp³-hybridized carbons (Fsp3) is 0.444. The molecule has 19 heavy (non-hydrogen) atoms. The summed E-state index contributed by atoms with van der Waals surface area (Å²) in [7, 11) is 0. The largest absolute Gasteiger partial charge is 0.307 e. The van der Waals surface area contributed by atoms with Gasteiger partial charge in [-0.2, -0.15) is 0 Å². The molecular weight excluding hydrogens is 230 g/mol. The first-order chi connectivity index (χ1) is 9.40. The third-order valence-electron chi connectivity index (χ3n) is 5.08. The van der Waals surface area contributed by atoms with Gasteiger partial charge in [0.2, 0.25) is 0 Å². The number of fused-ring (bicyclic) bond motifs is 2. The van der Waals surface area contributed by atoms with E-state index in [1.165, 1.54) is 48.4 Å². The van der Waals surface area contributed by atoms with E-state index in [4.69, 9.17) is 0 Å². The average molecular weight is 251 g/mol. The smallest absolute Gasteiger partial charge is 0.0323 e. The van der Waals surface area contributed by atoms with Gasteiger partial charge in [0.15, 0.2) is 0 Å². The summed E-state index contributed by atoms with van der Waals surface area (Å²) in [6.07, 6.45) is 6.97. The van der Waals surface area contributed by atoms with Gasteiger partial charge in [-0.25, -0.2) is 0 Å². The molecule has 3 atom stereocenters. The zero-order valence-electron chi connectivity index (χ0n) is 11.3. The lowest BCUT2D eigenvalue weighted by Gasteiger charge is -2.34. The van der Waals surface area contributed by atoms with Crippen molar-refractivity contribution in [3.63, 3.8) is 0 Å². The Hall–Kier alpha value is -1.34. The second kappa shape index (κ2) is 4.64. The Morgan fingerprint density at radius 3 is 2.68 bits per heavy atom. The second-order valence-corrected chi connectivity index (χ2v) is 6.20. The third kappa shape index (κ3) is 2.06. The highest BCUT2D eigenvalue weighted by Crippen LogP contribution is 2.38. The van der Waals surface area contributed by atoms with Crippen molar-refractivity contribution >= 4 is 10.8 Å². The Labute approximate surface area is 115 Å². The molecule has 3 unspecified atom stereocenters. The van der Waals surface area contributed by atoms with Crippen LogP contribution in [0.1, 0.15) is 43.7 Å². The van der Waals surface area contributed by atoms with Crippen molar-refractivity contribution in [2.75, 3.05) is 0 Å². The molecule has 2 aliphatic rings. The molecule has 1 heteroatoms. The SMILES string of the molecule is c1ccc2cc(C3CCC4CCCC4N3)ccc2c1. The highest BCUT2D eigenvalue weighted by atomic mass is 15.0. The van der Waals surface area contributed by atoms with Gasteiger partial charge < -0.3 is 5.32 Å². The normalized spacial score (nSPS) is 30.4. The number of benzene rings is 2. The summed E-state index contributed by atoms with van der Waals surface area (Å²) in [6.45, 7) is 0. The number of rotatable bonds is 1. The predicted molar refractivity (Wildman–Crippen MR) is 80.2 cm³/mol. The lowest BCUT2D eigenvalue weighted by Crippen LogP contribution is -2.40. The fourth-order valence-corrected chi connectivity index (χ4v) is 4.01. The van der Waals surface area contributed by atoms with Crippen LogP contribution in [0, 0.1) is 5.92 Å². The van der Waals surface area contributed by atoms with Crippen molar-refractivity contribution < 1.29 is 0 Å². The standard InChI is InChI=1S/C18H21N/c1-2-5-15-12-16(9-8-13(15)4-1)18-11-10-14-6-3-7-17(14)19-18/h1-2,4-5,8-9,12,14,17-19H,3,6-7,10-11H2. The van der Waals surface area contributed by atoms with Gasteiger partial charge in [0.1, 0.15) is 0 Å². The lowest BCUT2D eigenvalue weighted by atomic mass is 9.86. The first-order valence-corrected chi connectivity index (χ1v) is 7.65. The van der Waals surface area contributed by atoms with E-state index in [1.807, 2.05) is 0 Å². The fourth-order valence-electron chi connectivity index (χ4n) is 4.01. The summed E-state index contributed by atoms with van der Waals surface area (Å²) in [5, 5.41) is 6.62. The molecular formula is C18H21N. The van der Waals surface area contributed by atoms with E-state index in [1.54, 1.807) is 0 Å². The number of hydrogen-bond donors (Lipinski definition) is 1. The topological polar surface area (TPSA) is 12.0 Å². The van der Waals surface area contributed by atoms with Crippen LogP contribution in [0.2, 0.25) is 0 Å². The molecule has 1 aliphatic heterocycles.